The number of carbonyl (C=O) groups excluding carboxylic acids is 1. The van der Waals surface area contributed by atoms with E-state index in [0.29, 0.717) is 18.7 Å². The zero-order chi connectivity index (χ0) is 16.2. The second-order valence-electron chi connectivity index (χ2n) is 5.86. The van der Waals surface area contributed by atoms with Crippen molar-refractivity contribution in [3.8, 4) is 0 Å². The van der Waals surface area contributed by atoms with E-state index in [4.69, 9.17) is 4.74 Å². The maximum absolute atomic E-state index is 13.3. The summed E-state index contributed by atoms with van der Waals surface area (Å²) in [5.74, 6) is -3.30. The lowest BCUT2D eigenvalue weighted by atomic mass is 9.78. The van der Waals surface area contributed by atoms with E-state index in [0.717, 1.165) is 10.1 Å². The topological polar surface area (TPSA) is 51.2 Å². The molecule has 0 aliphatic carbocycles. The number of halogens is 3. The van der Waals surface area contributed by atoms with Crippen LogP contribution in [0.2, 0.25) is 0 Å². The van der Waals surface area contributed by atoms with Crippen molar-refractivity contribution in [1.82, 2.24) is 4.98 Å². The number of rotatable bonds is 2. The highest BCUT2D eigenvalue weighted by Gasteiger charge is 2.62. The van der Waals surface area contributed by atoms with Crippen LogP contribution in [0.15, 0.2) is 23.7 Å². The number of amides is 1. The van der Waals surface area contributed by atoms with E-state index in [1.165, 1.54) is 17.5 Å². The Labute approximate surface area is 133 Å². The van der Waals surface area contributed by atoms with Gasteiger partial charge in [-0.2, -0.15) is 13.2 Å². The molecule has 122 valence electrons. The summed E-state index contributed by atoms with van der Waals surface area (Å²) in [4.78, 5) is 16.6. The molecule has 2 aromatic heterocycles. The molecule has 1 N–H and O–H groups in total. The van der Waals surface area contributed by atoms with Gasteiger partial charge in [-0.05, 0) is 30.4 Å². The number of thiophene rings is 1. The summed E-state index contributed by atoms with van der Waals surface area (Å²) in [6.07, 6.45) is -3.62. The molecule has 2 aromatic rings. The van der Waals surface area contributed by atoms with Crippen molar-refractivity contribution in [3.63, 3.8) is 0 Å². The molecule has 2 aliphatic heterocycles. The van der Waals surface area contributed by atoms with Gasteiger partial charge in [-0.1, -0.05) is 0 Å². The van der Waals surface area contributed by atoms with Gasteiger partial charge in [0.2, 0.25) is 5.91 Å². The van der Waals surface area contributed by atoms with Gasteiger partial charge in [-0.15, -0.1) is 11.3 Å². The number of fused-ring (bicyclic) bond motifs is 3. The first kappa shape index (κ1) is 14.9. The highest BCUT2D eigenvalue weighted by atomic mass is 32.1. The average molecular weight is 342 g/mol. The van der Waals surface area contributed by atoms with Gasteiger partial charge in [0.15, 0.2) is 0 Å². The molecule has 2 saturated heterocycles. The van der Waals surface area contributed by atoms with E-state index < -0.39 is 36.1 Å². The Hall–Kier alpha value is -1.67. The summed E-state index contributed by atoms with van der Waals surface area (Å²) in [5.41, 5.74) is 0. The van der Waals surface area contributed by atoms with Crippen LogP contribution in [-0.4, -0.2) is 29.3 Å². The summed E-state index contributed by atoms with van der Waals surface area (Å²) >= 11 is 1.48. The molecule has 4 atom stereocenters. The predicted octanol–water partition coefficient (Wildman–Crippen LogP) is 3.59. The van der Waals surface area contributed by atoms with E-state index in [9.17, 15) is 18.0 Å². The minimum absolute atomic E-state index is 0.303. The summed E-state index contributed by atoms with van der Waals surface area (Å²) in [6, 6.07) is 3.59. The van der Waals surface area contributed by atoms with E-state index >= 15 is 0 Å². The lowest BCUT2D eigenvalue weighted by Crippen LogP contribution is -2.44. The Balaban J connectivity index is 1.62. The molecule has 8 heteroatoms. The van der Waals surface area contributed by atoms with E-state index in [-0.39, 0.29) is 0 Å². The summed E-state index contributed by atoms with van der Waals surface area (Å²) in [5, 5.41) is 5.16. The number of nitrogens with zero attached hydrogens (tertiary/aromatic N) is 1. The van der Waals surface area contributed by atoms with Gasteiger partial charge in [0.1, 0.15) is 5.82 Å². The van der Waals surface area contributed by atoms with E-state index in [1.54, 1.807) is 12.1 Å². The fourth-order valence-electron chi connectivity index (χ4n) is 3.62. The monoisotopic (exact) mass is 342 g/mol. The molecule has 4 nitrogen and oxygen atoms in total. The minimum atomic E-state index is -4.44. The number of nitrogens with one attached hydrogen (secondary N) is 1. The molecule has 0 aromatic carbocycles. The number of alkyl halides is 3. The van der Waals surface area contributed by atoms with Crippen LogP contribution < -0.4 is 5.32 Å². The number of ether oxygens (including phenoxy) is 1. The summed E-state index contributed by atoms with van der Waals surface area (Å²) < 4.78 is 46.2. The van der Waals surface area contributed by atoms with Crippen LogP contribution in [-0.2, 0) is 9.53 Å². The zero-order valence-electron chi connectivity index (χ0n) is 11.8. The van der Waals surface area contributed by atoms with Gasteiger partial charge in [-0.3, -0.25) is 4.79 Å². The number of pyridine rings is 1. The Bertz CT molecular complexity index is 761. The Morgan fingerprint density at radius 3 is 2.87 bits per heavy atom. The van der Waals surface area contributed by atoms with E-state index in [1.807, 2.05) is 5.38 Å². The van der Waals surface area contributed by atoms with Crippen molar-refractivity contribution < 1.29 is 22.7 Å². The van der Waals surface area contributed by atoms with Gasteiger partial charge in [0.05, 0.1) is 24.0 Å². The lowest BCUT2D eigenvalue weighted by Gasteiger charge is -2.28. The number of carbonyl (C=O) groups is 1. The van der Waals surface area contributed by atoms with Crippen molar-refractivity contribution in [1.29, 1.82) is 0 Å². The highest BCUT2D eigenvalue weighted by molar-refractivity contribution is 7.17. The number of hydrogen-bond donors (Lipinski definition) is 1. The maximum atomic E-state index is 13.3. The molecule has 2 aliphatic rings. The number of aromatic nitrogens is 1. The van der Waals surface area contributed by atoms with Crippen LogP contribution in [0.3, 0.4) is 0 Å². The molecule has 23 heavy (non-hydrogen) atoms. The van der Waals surface area contributed by atoms with Crippen LogP contribution in [0.5, 0.6) is 0 Å². The van der Waals surface area contributed by atoms with Crippen LogP contribution >= 0.6 is 11.3 Å². The van der Waals surface area contributed by atoms with Crippen molar-refractivity contribution in [2.45, 2.75) is 31.2 Å². The van der Waals surface area contributed by atoms with Crippen molar-refractivity contribution in [2.75, 3.05) is 5.32 Å². The molecule has 1 amide bonds. The van der Waals surface area contributed by atoms with Crippen molar-refractivity contribution in [3.05, 3.63) is 23.7 Å². The molecule has 4 rings (SSSR count). The molecule has 2 fully saturated rings. The molecule has 4 unspecified atom stereocenters. The van der Waals surface area contributed by atoms with Gasteiger partial charge in [0.25, 0.3) is 0 Å². The maximum Gasteiger partial charge on any atom is 0.395 e. The molecule has 0 spiro atoms. The molecule has 0 radical (unpaired) electrons. The first-order valence-corrected chi connectivity index (χ1v) is 8.18. The van der Waals surface area contributed by atoms with Crippen LogP contribution in [0.4, 0.5) is 19.0 Å². The first-order chi connectivity index (χ1) is 10.9. The standard InChI is InChI=1S/C15H13F3N2O2S/c16-15(17,18)12-9-2-1-8(22-9)11(12)14(21)20-13-7-4-6-23-10(7)3-5-19-13/h3-6,8-9,11-12H,1-2H2,(H,19,20,21). The quantitative estimate of drug-likeness (QED) is 0.907. The van der Waals surface area contributed by atoms with Gasteiger partial charge >= 0.3 is 6.18 Å². The van der Waals surface area contributed by atoms with Gasteiger partial charge in [0, 0.05) is 16.3 Å². The second-order valence-corrected chi connectivity index (χ2v) is 6.81. The molecular weight excluding hydrogens is 329 g/mol. The molecule has 0 saturated carbocycles. The summed E-state index contributed by atoms with van der Waals surface area (Å²) in [6.45, 7) is 0. The fraction of sp³-hybridized carbons (Fsp3) is 0.467. The third kappa shape index (κ3) is 2.40. The lowest BCUT2D eigenvalue weighted by molar-refractivity contribution is -0.196. The second kappa shape index (κ2) is 5.17. The van der Waals surface area contributed by atoms with E-state index in [2.05, 4.69) is 10.3 Å². The van der Waals surface area contributed by atoms with Crippen molar-refractivity contribution in [2.24, 2.45) is 11.8 Å². The van der Waals surface area contributed by atoms with Crippen LogP contribution in [0.1, 0.15) is 12.8 Å². The first-order valence-electron chi connectivity index (χ1n) is 7.30. The fourth-order valence-corrected chi connectivity index (χ4v) is 4.40. The van der Waals surface area contributed by atoms with Gasteiger partial charge < -0.3 is 10.1 Å². The van der Waals surface area contributed by atoms with Crippen LogP contribution in [0, 0.1) is 11.8 Å². The third-order valence-electron chi connectivity index (χ3n) is 4.58. The molecular formula is C15H13F3N2O2S. The van der Waals surface area contributed by atoms with Gasteiger partial charge in [-0.25, -0.2) is 4.98 Å². The Morgan fingerprint density at radius 2 is 2.09 bits per heavy atom. The predicted molar refractivity (Wildman–Crippen MR) is 79.2 cm³/mol. The molecule has 2 bridgehead atoms. The smallest absolute Gasteiger partial charge is 0.373 e. The molecule has 4 heterocycles. The van der Waals surface area contributed by atoms with Crippen LogP contribution in [0.25, 0.3) is 10.1 Å². The normalized spacial score (nSPS) is 30.0. The highest BCUT2D eigenvalue weighted by Crippen LogP contribution is 2.50. The number of anilines is 1. The SMILES string of the molecule is O=C(Nc1nccc2sccc12)C1C2CCC(O2)C1C(F)(F)F. The van der Waals surface area contributed by atoms with Crippen molar-refractivity contribution >= 4 is 33.1 Å². The Morgan fingerprint density at radius 1 is 1.30 bits per heavy atom. The summed E-state index contributed by atoms with van der Waals surface area (Å²) in [7, 11) is 0. The third-order valence-corrected chi connectivity index (χ3v) is 5.46. The minimum Gasteiger partial charge on any atom is -0.373 e. The Kier molecular flexibility index (Phi) is 3.35. The largest absolute Gasteiger partial charge is 0.395 e. The zero-order valence-corrected chi connectivity index (χ0v) is 12.7. The average Bonchev–Trinajstić information content (AvgIpc) is 3.20. The number of hydrogen-bond acceptors (Lipinski definition) is 4.